The smallest absolute Gasteiger partial charge is 0.124 e. The van der Waals surface area contributed by atoms with Gasteiger partial charge in [0.05, 0.1) is 0 Å². The maximum atomic E-state index is 6.12. The zero-order chi connectivity index (χ0) is 16.1. The van der Waals surface area contributed by atoms with Gasteiger partial charge in [-0.25, -0.2) is 0 Å². The van der Waals surface area contributed by atoms with Crippen LogP contribution in [0.2, 0.25) is 0 Å². The Labute approximate surface area is 139 Å². The quantitative estimate of drug-likeness (QED) is 0.918. The van der Waals surface area contributed by atoms with E-state index in [4.69, 9.17) is 10.5 Å². The second kappa shape index (κ2) is 7.62. The Morgan fingerprint density at radius 1 is 1.00 bits per heavy atom. The maximum Gasteiger partial charge on any atom is 0.124 e. The number of nitrogens with two attached hydrogens (primary N) is 1. The predicted molar refractivity (Wildman–Crippen MR) is 94.4 cm³/mol. The van der Waals surface area contributed by atoms with Crippen molar-refractivity contribution in [3.8, 4) is 5.75 Å². The molecule has 0 amide bonds. The highest BCUT2D eigenvalue weighted by Gasteiger charge is 2.17. The van der Waals surface area contributed by atoms with E-state index in [1.165, 1.54) is 16.7 Å². The molecular formula is C20H26N2O. The van der Waals surface area contributed by atoms with Gasteiger partial charge in [-0.3, -0.25) is 4.90 Å². The fourth-order valence-corrected chi connectivity index (χ4v) is 3.05. The summed E-state index contributed by atoms with van der Waals surface area (Å²) in [5.41, 5.74) is 9.77. The van der Waals surface area contributed by atoms with Crippen LogP contribution in [-0.2, 0) is 13.2 Å². The van der Waals surface area contributed by atoms with Crippen LogP contribution in [0.25, 0.3) is 0 Å². The molecule has 1 heterocycles. The minimum atomic E-state index is 0.374. The molecule has 2 N–H and O–H groups in total. The van der Waals surface area contributed by atoms with Crippen molar-refractivity contribution in [1.29, 1.82) is 0 Å². The first-order valence-electron chi connectivity index (χ1n) is 8.45. The maximum absolute atomic E-state index is 6.12. The molecule has 0 spiro atoms. The predicted octanol–water partition coefficient (Wildman–Crippen LogP) is 3.50. The molecule has 3 nitrogen and oxygen atoms in total. The summed E-state index contributed by atoms with van der Waals surface area (Å²) >= 11 is 0. The van der Waals surface area contributed by atoms with Gasteiger partial charge in [0, 0.05) is 18.2 Å². The summed E-state index contributed by atoms with van der Waals surface area (Å²) in [5.74, 6) is 0.991. The van der Waals surface area contributed by atoms with Crippen LogP contribution in [0.1, 0.15) is 29.5 Å². The average molecular weight is 310 g/mol. The molecule has 1 aliphatic rings. The first-order chi connectivity index (χ1) is 11.2. The van der Waals surface area contributed by atoms with Crippen LogP contribution in [0.4, 0.5) is 0 Å². The van der Waals surface area contributed by atoms with Crippen molar-refractivity contribution < 1.29 is 4.74 Å². The van der Waals surface area contributed by atoms with Crippen molar-refractivity contribution in [3.05, 3.63) is 65.2 Å². The van der Waals surface area contributed by atoms with Crippen molar-refractivity contribution in [2.75, 3.05) is 13.1 Å². The van der Waals surface area contributed by atoms with E-state index in [0.717, 1.165) is 38.2 Å². The van der Waals surface area contributed by atoms with Gasteiger partial charge in [0.25, 0.3) is 0 Å². The van der Waals surface area contributed by atoms with Crippen molar-refractivity contribution in [3.63, 3.8) is 0 Å². The number of piperidine rings is 1. The van der Waals surface area contributed by atoms with Gasteiger partial charge in [-0.05, 0) is 50.0 Å². The molecule has 3 heteroatoms. The molecule has 1 aliphatic heterocycles. The molecule has 2 aromatic carbocycles. The summed E-state index contributed by atoms with van der Waals surface area (Å²) in [6, 6.07) is 17.1. The lowest BCUT2D eigenvalue weighted by molar-refractivity contribution is 0.201. The third-order valence-electron chi connectivity index (χ3n) is 4.64. The van der Waals surface area contributed by atoms with E-state index >= 15 is 0 Å². The molecule has 0 unspecified atom stereocenters. The number of hydrogen-bond donors (Lipinski definition) is 1. The summed E-state index contributed by atoms with van der Waals surface area (Å²) in [6.45, 7) is 5.84. The summed E-state index contributed by atoms with van der Waals surface area (Å²) < 4.78 is 6.12. The lowest BCUT2D eigenvalue weighted by atomic mass is 10.1. The third-order valence-corrected chi connectivity index (χ3v) is 4.64. The second-order valence-corrected chi connectivity index (χ2v) is 6.44. The Balaban J connectivity index is 1.65. The molecule has 0 aliphatic carbocycles. The van der Waals surface area contributed by atoms with E-state index < -0.39 is 0 Å². The van der Waals surface area contributed by atoms with E-state index in [1.807, 2.05) is 6.07 Å². The number of para-hydroxylation sites is 1. The van der Waals surface area contributed by atoms with Gasteiger partial charge < -0.3 is 10.5 Å². The molecular weight excluding hydrogens is 284 g/mol. The summed E-state index contributed by atoms with van der Waals surface area (Å²) in [5, 5.41) is 0. The molecule has 0 bridgehead atoms. The largest absolute Gasteiger partial charge is 0.489 e. The molecule has 0 aromatic heterocycles. The number of benzene rings is 2. The summed E-state index contributed by atoms with van der Waals surface area (Å²) in [7, 11) is 0. The minimum Gasteiger partial charge on any atom is -0.489 e. The zero-order valence-electron chi connectivity index (χ0n) is 13.9. The highest BCUT2D eigenvalue weighted by molar-refractivity contribution is 5.34. The van der Waals surface area contributed by atoms with Gasteiger partial charge in [-0.2, -0.15) is 0 Å². The number of aryl methyl sites for hydroxylation is 1. The minimum absolute atomic E-state index is 0.374. The van der Waals surface area contributed by atoms with Gasteiger partial charge >= 0.3 is 0 Å². The lowest BCUT2D eigenvalue weighted by Gasteiger charge is -2.30. The SMILES string of the molecule is Cc1ccccc1COc1ccccc1CN1CCC(N)CC1. The van der Waals surface area contributed by atoms with Crippen molar-refractivity contribution in [2.45, 2.75) is 39.0 Å². The molecule has 1 saturated heterocycles. The van der Waals surface area contributed by atoms with Crippen molar-refractivity contribution >= 4 is 0 Å². The summed E-state index contributed by atoms with van der Waals surface area (Å²) in [4.78, 5) is 2.47. The van der Waals surface area contributed by atoms with Crippen LogP contribution in [0, 0.1) is 6.92 Å². The molecule has 0 atom stereocenters. The molecule has 0 saturated carbocycles. The van der Waals surface area contributed by atoms with Gasteiger partial charge in [-0.1, -0.05) is 42.5 Å². The van der Waals surface area contributed by atoms with Crippen molar-refractivity contribution in [2.24, 2.45) is 5.73 Å². The monoisotopic (exact) mass is 310 g/mol. The van der Waals surface area contributed by atoms with Crippen LogP contribution in [0.5, 0.6) is 5.75 Å². The van der Waals surface area contributed by atoms with Gasteiger partial charge in [0.15, 0.2) is 0 Å². The number of rotatable bonds is 5. The normalized spacial score (nSPS) is 16.4. The van der Waals surface area contributed by atoms with Crippen LogP contribution < -0.4 is 10.5 Å². The molecule has 0 radical (unpaired) electrons. The van der Waals surface area contributed by atoms with Gasteiger partial charge in [-0.15, -0.1) is 0 Å². The Bertz CT molecular complexity index is 633. The topological polar surface area (TPSA) is 38.5 Å². The fraction of sp³-hybridized carbons (Fsp3) is 0.400. The van der Waals surface area contributed by atoms with Crippen LogP contribution >= 0.6 is 0 Å². The van der Waals surface area contributed by atoms with Crippen molar-refractivity contribution in [1.82, 2.24) is 4.90 Å². The number of likely N-dealkylation sites (tertiary alicyclic amines) is 1. The van der Waals surface area contributed by atoms with E-state index in [1.54, 1.807) is 0 Å². The standard InChI is InChI=1S/C20H26N2O/c1-16-6-2-3-8-18(16)15-23-20-9-5-4-7-17(20)14-22-12-10-19(21)11-13-22/h2-9,19H,10-15,21H2,1H3. The van der Waals surface area contributed by atoms with E-state index in [9.17, 15) is 0 Å². The van der Waals surface area contributed by atoms with E-state index in [2.05, 4.69) is 54.3 Å². The van der Waals surface area contributed by atoms with E-state index in [-0.39, 0.29) is 0 Å². The Morgan fingerprint density at radius 2 is 1.65 bits per heavy atom. The Hall–Kier alpha value is -1.84. The van der Waals surface area contributed by atoms with Gasteiger partial charge in [0.1, 0.15) is 12.4 Å². The first-order valence-corrected chi connectivity index (χ1v) is 8.45. The molecule has 2 aromatic rings. The molecule has 3 rings (SSSR count). The number of hydrogen-bond acceptors (Lipinski definition) is 3. The highest BCUT2D eigenvalue weighted by Crippen LogP contribution is 2.23. The molecule has 122 valence electrons. The number of ether oxygens (including phenoxy) is 1. The lowest BCUT2D eigenvalue weighted by Crippen LogP contribution is -2.39. The Morgan fingerprint density at radius 3 is 2.39 bits per heavy atom. The van der Waals surface area contributed by atoms with Gasteiger partial charge in [0.2, 0.25) is 0 Å². The molecule has 23 heavy (non-hydrogen) atoms. The Kier molecular flexibility index (Phi) is 5.31. The van der Waals surface area contributed by atoms with Crippen LogP contribution in [0.15, 0.2) is 48.5 Å². The van der Waals surface area contributed by atoms with Crippen LogP contribution in [0.3, 0.4) is 0 Å². The fourth-order valence-electron chi connectivity index (χ4n) is 3.05. The second-order valence-electron chi connectivity index (χ2n) is 6.44. The molecule has 1 fully saturated rings. The van der Waals surface area contributed by atoms with E-state index in [0.29, 0.717) is 12.6 Å². The average Bonchev–Trinajstić information content (AvgIpc) is 2.57. The van der Waals surface area contributed by atoms with Crippen LogP contribution in [-0.4, -0.2) is 24.0 Å². The third kappa shape index (κ3) is 4.34. The highest BCUT2D eigenvalue weighted by atomic mass is 16.5. The zero-order valence-corrected chi connectivity index (χ0v) is 13.9. The number of nitrogens with zero attached hydrogens (tertiary/aromatic N) is 1. The first kappa shape index (κ1) is 16.0. The summed E-state index contributed by atoms with van der Waals surface area (Å²) in [6.07, 6.45) is 2.18.